The zero-order valence-electron chi connectivity index (χ0n) is 9.05. The minimum Gasteiger partial charge on any atom is -0.247 e. The quantitative estimate of drug-likeness (QED) is 0.634. The highest BCUT2D eigenvalue weighted by atomic mass is 19.1. The fraction of sp³-hybridized carbons (Fsp3) is 0.538. The Labute approximate surface area is 85.1 Å². The Morgan fingerprint density at radius 2 is 1.64 bits per heavy atom. The van der Waals surface area contributed by atoms with Crippen molar-refractivity contribution in [2.75, 3.05) is 0 Å². The highest BCUT2D eigenvalue weighted by molar-refractivity contribution is 5.32. The van der Waals surface area contributed by atoms with Crippen LogP contribution in [0.15, 0.2) is 24.3 Å². The van der Waals surface area contributed by atoms with Gasteiger partial charge in [0.25, 0.3) is 0 Å². The molecular formula is C13H17F. The van der Waals surface area contributed by atoms with Crippen LogP contribution < -0.4 is 0 Å². The smallest absolute Gasteiger partial charge is 0.108 e. The van der Waals surface area contributed by atoms with Crippen LogP contribution in [0.4, 0.5) is 4.39 Å². The largest absolute Gasteiger partial charge is 0.247 e. The molecule has 1 aliphatic carbocycles. The summed E-state index contributed by atoms with van der Waals surface area (Å²) in [6, 6.07) is 8.40. The first-order chi connectivity index (χ1) is 6.48. The van der Waals surface area contributed by atoms with E-state index in [0.29, 0.717) is 0 Å². The van der Waals surface area contributed by atoms with Crippen LogP contribution in [0.5, 0.6) is 0 Å². The van der Waals surface area contributed by atoms with E-state index in [1.54, 1.807) is 0 Å². The van der Waals surface area contributed by atoms with Crippen LogP contribution in [-0.2, 0) is 5.41 Å². The second kappa shape index (κ2) is 3.08. The number of hydrogen-bond acceptors (Lipinski definition) is 0. The normalized spacial score (nSPS) is 26.3. The number of halogens is 1. The molecule has 2 atom stereocenters. The predicted octanol–water partition coefficient (Wildman–Crippen LogP) is 3.81. The van der Waals surface area contributed by atoms with Crippen molar-refractivity contribution in [2.45, 2.75) is 44.7 Å². The molecule has 1 saturated carbocycles. The third-order valence-corrected chi connectivity index (χ3v) is 2.92. The van der Waals surface area contributed by atoms with Gasteiger partial charge < -0.3 is 0 Å². The molecule has 0 aromatic heterocycles. The van der Waals surface area contributed by atoms with E-state index in [1.807, 2.05) is 0 Å². The minimum atomic E-state index is -0.588. The van der Waals surface area contributed by atoms with Crippen molar-refractivity contribution in [3.8, 4) is 0 Å². The van der Waals surface area contributed by atoms with Crippen molar-refractivity contribution in [1.82, 2.24) is 0 Å². The van der Waals surface area contributed by atoms with Crippen molar-refractivity contribution in [1.29, 1.82) is 0 Å². The molecule has 2 rings (SSSR count). The van der Waals surface area contributed by atoms with E-state index in [4.69, 9.17) is 0 Å². The molecule has 0 N–H and O–H groups in total. The number of alkyl halides is 1. The average molecular weight is 192 g/mol. The van der Waals surface area contributed by atoms with Crippen LogP contribution in [-0.4, -0.2) is 6.17 Å². The summed E-state index contributed by atoms with van der Waals surface area (Å²) in [5, 5.41) is 0. The Morgan fingerprint density at radius 3 is 2.00 bits per heavy atom. The molecule has 0 nitrogen and oxygen atoms in total. The van der Waals surface area contributed by atoms with E-state index in [2.05, 4.69) is 45.0 Å². The van der Waals surface area contributed by atoms with Gasteiger partial charge >= 0.3 is 0 Å². The van der Waals surface area contributed by atoms with Gasteiger partial charge in [-0.25, -0.2) is 4.39 Å². The molecule has 0 saturated heterocycles. The SMILES string of the molecule is CC(C)(C)c1ccc([C@@H]2C[C@@H]2F)cc1. The lowest BCUT2D eigenvalue weighted by molar-refractivity contribution is 0.468. The molecule has 14 heavy (non-hydrogen) atoms. The Morgan fingerprint density at radius 1 is 1.14 bits per heavy atom. The number of hydrogen-bond donors (Lipinski definition) is 0. The van der Waals surface area contributed by atoms with Gasteiger partial charge in [-0.2, -0.15) is 0 Å². The fourth-order valence-electron chi connectivity index (χ4n) is 1.74. The monoisotopic (exact) mass is 192 g/mol. The molecule has 0 heterocycles. The Balaban J connectivity index is 2.18. The lowest BCUT2D eigenvalue weighted by Crippen LogP contribution is -2.10. The van der Waals surface area contributed by atoms with Crippen molar-refractivity contribution in [2.24, 2.45) is 0 Å². The molecule has 0 unspecified atom stereocenters. The highest BCUT2D eigenvalue weighted by Gasteiger charge is 2.38. The summed E-state index contributed by atoms with van der Waals surface area (Å²) in [4.78, 5) is 0. The predicted molar refractivity (Wildman–Crippen MR) is 57.4 cm³/mol. The summed E-state index contributed by atoms with van der Waals surface area (Å²) in [5.41, 5.74) is 2.67. The molecule has 0 aliphatic heterocycles. The van der Waals surface area contributed by atoms with Gasteiger partial charge in [0.2, 0.25) is 0 Å². The Hall–Kier alpha value is -0.850. The van der Waals surface area contributed by atoms with Crippen LogP contribution in [0.3, 0.4) is 0 Å². The summed E-state index contributed by atoms with van der Waals surface area (Å²) in [6.45, 7) is 6.57. The summed E-state index contributed by atoms with van der Waals surface area (Å²) in [6.07, 6.45) is 0.130. The highest BCUT2D eigenvalue weighted by Crippen LogP contribution is 2.43. The molecule has 1 aromatic rings. The number of benzene rings is 1. The molecule has 1 aliphatic rings. The molecule has 1 aromatic carbocycles. The van der Waals surface area contributed by atoms with Gasteiger partial charge in [0.15, 0.2) is 0 Å². The van der Waals surface area contributed by atoms with Crippen molar-refractivity contribution >= 4 is 0 Å². The molecule has 0 radical (unpaired) electrons. The van der Waals surface area contributed by atoms with Gasteiger partial charge in [0.1, 0.15) is 6.17 Å². The van der Waals surface area contributed by atoms with Crippen molar-refractivity contribution in [3.63, 3.8) is 0 Å². The maximum absolute atomic E-state index is 12.8. The van der Waals surface area contributed by atoms with Crippen LogP contribution >= 0.6 is 0 Å². The van der Waals surface area contributed by atoms with Gasteiger partial charge in [-0.15, -0.1) is 0 Å². The third kappa shape index (κ3) is 1.82. The van der Waals surface area contributed by atoms with Crippen molar-refractivity contribution < 1.29 is 4.39 Å². The number of rotatable bonds is 1. The lowest BCUT2D eigenvalue weighted by Gasteiger charge is -2.19. The zero-order chi connectivity index (χ0) is 10.3. The van der Waals surface area contributed by atoms with Gasteiger partial charge in [-0.3, -0.25) is 0 Å². The first kappa shape index (κ1) is 9.70. The van der Waals surface area contributed by atoms with Crippen LogP contribution in [0.25, 0.3) is 0 Å². The maximum atomic E-state index is 12.8. The lowest BCUT2D eigenvalue weighted by atomic mass is 9.86. The zero-order valence-corrected chi connectivity index (χ0v) is 9.05. The van der Waals surface area contributed by atoms with Gasteiger partial charge in [-0.1, -0.05) is 45.0 Å². The molecular weight excluding hydrogens is 175 g/mol. The summed E-state index contributed by atoms with van der Waals surface area (Å²) in [7, 11) is 0. The summed E-state index contributed by atoms with van der Waals surface area (Å²) >= 11 is 0. The fourth-order valence-corrected chi connectivity index (χ4v) is 1.74. The summed E-state index contributed by atoms with van der Waals surface area (Å²) in [5.74, 6) is 0.184. The van der Waals surface area contributed by atoms with Crippen molar-refractivity contribution in [3.05, 3.63) is 35.4 Å². The minimum absolute atomic E-state index is 0.184. The average Bonchev–Trinajstić information content (AvgIpc) is 2.81. The van der Waals surface area contributed by atoms with Gasteiger partial charge in [0.05, 0.1) is 0 Å². The van der Waals surface area contributed by atoms with Gasteiger partial charge in [0, 0.05) is 5.92 Å². The van der Waals surface area contributed by atoms with E-state index >= 15 is 0 Å². The molecule has 1 heteroatoms. The topological polar surface area (TPSA) is 0 Å². The van der Waals surface area contributed by atoms with Gasteiger partial charge in [-0.05, 0) is 23.0 Å². The Kier molecular flexibility index (Phi) is 2.13. The standard InChI is InChI=1S/C13H17F/c1-13(2,3)10-6-4-9(5-7-10)11-8-12(11)14/h4-7,11-12H,8H2,1-3H3/t11-,12-/m0/s1. The summed E-state index contributed by atoms with van der Waals surface area (Å²) < 4.78 is 12.8. The van der Waals surface area contributed by atoms with E-state index in [0.717, 1.165) is 12.0 Å². The molecule has 0 spiro atoms. The van der Waals surface area contributed by atoms with Crippen LogP contribution in [0.1, 0.15) is 44.2 Å². The van der Waals surface area contributed by atoms with E-state index in [9.17, 15) is 4.39 Å². The molecule has 0 amide bonds. The van der Waals surface area contributed by atoms with Crippen LogP contribution in [0.2, 0.25) is 0 Å². The van der Waals surface area contributed by atoms with Crippen LogP contribution in [0, 0.1) is 0 Å². The second-order valence-corrected chi connectivity index (χ2v) is 5.23. The Bertz CT molecular complexity index is 318. The van der Waals surface area contributed by atoms with E-state index in [-0.39, 0.29) is 11.3 Å². The maximum Gasteiger partial charge on any atom is 0.108 e. The molecule has 1 fully saturated rings. The third-order valence-electron chi connectivity index (χ3n) is 2.92. The van der Waals surface area contributed by atoms with E-state index < -0.39 is 6.17 Å². The first-order valence-corrected chi connectivity index (χ1v) is 5.23. The van der Waals surface area contributed by atoms with E-state index in [1.165, 1.54) is 5.56 Å². The first-order valence-electron chi connectivity index (χ1n) is 5.23. The molecule has 76 valence electrons. The second-order valence-electron chi connectivity index (χ2n) is 5.23. The molecule has 0 bridgehead atoms.